The van der Waals surface area contributed by atoms with Gasteiger partial charge in [-0.25, -0.2) is 18.1 Å². The number of hydrogen-bond donors (Lipinski definition) is 1. The zero-order valence-corrected chi connectivity index (χ0v) is 16.8. The number of rotatable bonds is 5. The van der Waals surface area contributed by atoms with Crippen LogP contribution in [-0.2, 0) is 23.0 Å². The fraction of sp³-hybridized carbons (Fsp3) is 0.500. The topological polar surface area (TPSA) is 97.2 Å². The molecule has 1 aromatic heterocycles. The van der Waals surface area contributed by atoms with Gasteiger partial charge in [-0.05, 0) is 45.4 Å². The number of carbonyl (C=O) groups excluding carboxylic acids is 1. The monoisotopic (exact) mass is 391 g/mol. The molecule has 0 saturated carbocycles. The van der Waals surface area contributed by atoms with Crippen molar-refractivity contribution in [3.63, 3.8) is 0 Å². The van der Waals surface area contributed by atoms with Gasteiger partial charge in [0.1, 0.15) is 11.6 Å². The van der Waals surface area contributed by atoms with Crippen molar-refractivity contribution in [2.75, 3.05) is 7.05 Å². The van der Waals surface area contributed by atoms with Gasteiger partial charge in [-0.15, -0.1) is 0 Å². The molecular formula is C18H25N5O3S. The lowest BCUT2D eigenvalue weighted by atomic mass is 10.1. The smallest absolute Gasteiger partial charge is 0.251 e. The van der Waals surface area contributed by atoms with Crippen LogP contribution in [-0.4, -0.2) is 52.5 Å². The molecule has 146 valence electrons. The number of fused-ring (bicyclic) bond motifs is 1. The van der Waals surface area contributed by atoms with Gasteiger partial charge in [0.25, 0.3) is 5.91 Å². The van der Waals surface area contributed by atoms with E-state index in [1.54, 1.807) is 26.0 Å². The lowest BCUT2D eigenvalue weighted by Gasteiger charge is -2.24. The van der Waals surface area contributed by atoms with Gasteiger partial charge >= 0.3 is 0 Å². The fourth-order valence-corrected chi connectivity index (χ4v) is 4.48. The number of aryl methyl sites for hydroxylation is 2. The van der Waals surface area contributed by atoms with E-state index in [0.29, 0.717) is 12.1 Å². The Morgan fingerprint density at radius 3 is 2.81 bits per heavy atom. The van der Waals surface area contributed by atoms with Crippen molar-refractivity contribution in [1.82, 2.24) is 24.4 Å². The van der Waals surface area contributed by atoms with Crippen LogP contribution in [0.1, 0.15) is 42.3 Å². The molecule has 0 bridgehead atoms. The molecule has 0 fully saturated rings. The van der Waals surface area contributed by atoms with Crippen molar-refractivity contribution in [2.24, 2.45) is 0 Å². The highest BCUT2D eigenvalue weighted by molar-refractivity contribution is 7.89. The predicted octanol–water partition coefficient (Wildman–Crippen LogP) is 1.36. The maximum absolute atomic E-state index is 12.7. The molecule has 9 heteroatoms. The summed E-state index contributed by atoms with van der Waals surface area (Å²) in [5.41, 5.74) is 0.328. The van der Waals surface area contributed by atoms with Crippen molar-refractivity contribution in [1.29, 1.82) is 0 Å². The Bertz CT molecular complexity index is 952. The van der Waals surface area contributed by atoms with E-state index >= 15 is 0 Å². The van der Waals surface area contributed by atoms with E-state index in [4.69, 9.17) is 0 Å². The first kappa shape index (κ1) is 19.5. The summed E-state index contributed by atoms with van der Waals surface area (Å²) in [4.78, 5) is 17.1. The second-order valence-corrected chi connectivity index (χ2v) is 9.11. The lowest BCUT2D eigenvalue weighted by Crippen LogP contribution is -2.41. The lowest BCUT2D eigenvalue weighted by molar-refractivity contribution is 0.0926. The number of carbonyl (C=O) groups is 1. The summed E-state index contributed by atoms with van der Waals surface area (Å²) < 4.78 is 28.4. The zero-order chi connectivity index (χ0) is 19.8. The molecule has 0 radical (unpaired) electrons. The number of benzene rings is 1. The second kappa shape index (κ2) is 7.40. The first-order valence-electron chi connectivity index (χ1n) is 8.98. The maximum Gasteiger partial charge on any atom is 0.251 e. The number of sulfonamides is 1. The van der Waals surface area contributed by atoms with Crippen LogP contribution in [0.3, 0.4) is 0 Å². The Morgan fingerprint density at radius 2 is 2.11 bits per heavy atom. The van der Waals surface area contributed by atoms with Gasteiger partial charge in [0.05, 0.1) is 11.4 Å². The molecule has 0 saturated heterocycles. The zero-order valence-electron chi connectivity index (χ0n) is 16.0. The second-order valence-electron chi connectivity index (χ2n) is 7.11. The molecule has 1 aliphatic heterocycles. The van der Waals surface area contributed by atoms with Crippen LogP contribution < -0.4 is 5.32 Å². The summed E-state index contributed by atoms with van der Waals surface area (Å²) in [5.74, 6) is 1.37. The summed E-state index contributed by atoms with van der Waals surface area (Å²) in [6.45, 7) is 6.02. The predicted molar refractivity (Wildman–Crippen MR) is 101 cm³/mol. The minimum Gasteiger partial charge on any atom is -0.347 e. The van der Waals surface area contributed by atoms with Gasteiger partial charge in [-0.2, -0.15) is 9.40 Å². The van der Waals surface area contributed by atoms with Crippen molar-refractivity contribution >= 4 is 15.9 Å². The van der Waals surface area contributed by atoms with Gasteiger partial charge in [-0.3, -0.25) is 4.79 Å². The van der Waals surface area contributed by atoms with E-state index in [9.17, 15) is 13.2 Å². The quantitative estimate of drug-likeness (QED) is 0.830. The van der Waals surface area contributed by atoms with Crippen molar-refractivity contribution in [3.8, 4) is 0 Å². The molecule has 3 rings (SSSR count). The Labute approximate surface area is 159 Å². The van der Waals surface area contributed by atoms with E-state index in [2.05, 4.69) is 15.4 Å². The van der Waals surface area contributed by atoms with Crippen molar-refractivity contribution < 1.29 is 13.2 Å². The fourth-order valence-electron chi connectivity index (χ4n) is 3.06. The highest BCUT2D eigenvalue weighted by Gasteiger charge is 2.25. The maximum atomic E-state index is 12.7. The standard InChI is InChI=1S/C18H25N5O3S/c1-12(2)22(4)27(25,26)16-7-5-6-14(10-16)18(24)20-15-8-9-17-19-13(3)21-23(17)11-15/h5-7,10,12,15H,8-9,11H2,1-4H3,(H,20,24). The Kier molecular flexibility index (Phi) is 5.34. The van der Waals surface area contributed by atoms with Crippen LogP contribution in [0.4, 0.5) is 0 Å². The molecule has 0 spiro atoms. The van der Waals surface area contributed by atoms with E-state index in [1.807, 2.05) is 11.6 Å². The first-order valence-corrected chi connectivity index (χ1v) is 10.4. The van der Waals surface area contributed by atoms with E-state index < -0.39 is 10.0 Å². The molecule has 2 aromatic rings. The van der Waals surface area contributed by atoms with Gasteiger partial charge in [0, 0.05) is 31.1 Å². The molecule has 8 nitrogen and oxygen atoms in total. The number of aromatic nitrogens is 3. The number of nitrogens with zero attached hydrogens (tertiary/aromatic N) is 4. The summed E-state index contributed by atoms with van der Waals surface area (Å²) in [7, 11) is -2.10. The molecule has 1 unspecified atom stereocenters. The largest absolute Gasteiger partial charge is 0.347 e. The third kappa shape index (κ3) is 4.03. The minimum absolute atomic E-state index is 0.0651. The highest BCUT2D eigenvalue weighted by Crippen LogP contribution is 2.19. The van der Waals surface area contributed by atoms with E-state index in [1.165, 1.54) is 23.5 Å². The van der Waals surface area contributed by atoms with Crippen molar-refractivity contribution in [2.45, 2.75) is 57.1 Å². The summed E-state index contributed by atoms with van der Waals surface area (Å²) in [6.07, 6.45) is 1.53. The molecule has 27 heavy (non-hydrogen) atoms. The number of nitrogens with one attached hydrogen (secondary N) is 1. The van der Waals surface area contributed by atoms with E-state index in [-0.39, 0.29) is 22.9 Å². The van der Waals surface area contributed by atoms with Crippen LogP contribution in [0.5, 0.6) is 0 Å². The molecular weight excluding hydrogens is 366 g/mol. The molecule has 1 amide bonds. The normalized spacial score (nSPS) is 17.2. The third-order valence-corrected chi connectivity index (χ3v) is 6.83. The summed E-state index contributed by atoms with van der Waals surface area (Å²) in [6, 6.07) is 5.92. The van der Waals surface area contributed by atoms with Crippen LogP contribution in [0, 0.1) is 6.92 Å². The average Bonchev–Trinajstić information content (AvgIpc) is 3.00. The van der Waals surface area contributed by atoms with Gasteiger partial charge in [0.2, 0.25) is 10.0 Å². The average molecular weight is 391 g/mol. The summed E-state index contributed by atoms with van der Waals surface area (Å²) in [5, 5.41) is 7.31. The minimum atomic E-state index is -3.63. The molecule has 2 heterocycles. The van der Waals surface area contributed by atoms with Crippen molar-refractivity contribution in [3.05, 3.63) is 41.5 Å². The molecule has 1 atom stereocenters. The van der Waals surface area contributed by atoms with Gasteiger partial charge in [-0.1, -0.05) is 6.07 Å². The van der Waals surface area contributed by atoms with Gasteiger partial charge in [0.15, 0.2) is 0 Å². The third-order valence-electron chi connectivity index (χ3n) is 4.80. The van der Waals surface area contributed by atoms with E-state index in [0.717, 1.165) is 24.5 Å². The highest BCUT2D eigenvalue weighted by atomic mass is 32.2. The summed E-state index contributed by atoms with van der Waals surface area (Å²) >= 11 is 0. The molecule has 1 aliphatic rings. The Hall–Kier alpha value is -2.26. The van der Waals surface area contributed by atoms with Gasteiger partial charge < -0.3 is 5.32 Å². The number of amides is 1. The molecule has 1 N–H and O–H groups in total. The SMILES string of the molecule is Cc1nc2n(n1)CC(NC(=O)c1cccc(S(=O)(=O)N(C)C(C)C)c1)CC2. The Morgan fingerprint density at radius 1 is 1.37 bits per heavy atom. The molecule has 0 aliphatic carbocycles. The van der Waals surface area contributed by atoms with Crippen LogP contribution in [0.15, 0.2) is 29.2 Å². The number of hydrogen-bond acceptors (Lipinski definition) is 5. The molecule has 1 aromatic carbocycles. The van der Waals surface area contributed by atoms with Crippen LogP contribution in [0.2, 0.25) is 0 Å². The Balaban J connectivity index is 1.75. The van der Waals surface area contributed by atoms with Crippen LogP contribution >= 0.6 is 0 Å². The first-order chi connectivity index (χ1) is 12.7. The van der Waals surface area contributed by atoms with Crippen LogP contribution in [0.25, 0.3) is 0 Å².